The number of rotatable bonds is 5. The van der Waals surface area contributed by atoms with Crippen LogP contribution in [0.2, 0.25) is 5.02 Å². The second-order valence-corrected chi connectivity index (χ2v) is 6.57. The van der Waals surface area contributed by atoms with E-state index in [1.165, 1.54) is 44.2 Å². The van der Waals surface area contributed by atoms with Gasteiger partial charge < -0.3 is 5.73 Å². The van der Waals surface area contributed by atoms with E-state index in [1.54, 1.807) is 0 Å². The molecule has 1 saturated carbocycles. The largest absolute Gasteiger partial charge is 0.330 e. The van der Waals surface area contributed by atoms with Crippen LogP contribution in [0.15, 0.2) is 18.2 Å². The lowest BCUT2D eigenvalue weighted by Gasteiger charge is -2.36. The molecule has 0 spiro atoms. The summed E-state index contributed by atoms with van der Waals surface area (Å²) in [4.78, 5) is 0. The maximum absolute atomic E-state index is 13.1. The summed E-state index contributed by atoms with van der Waals surface area (Å²) in [6, 6.07) is 4.75. The minimum absolute atomic E-state index is 0.262. The molecule has 3 heteroatoms. The quantitative estimate of drug-likeness (QED) is 0.829. The molecule has 1 nitrogen and oxygen atoms in total. The zero-order chi connectivity index (χ0) is 14.5. The molecule has 0 aliphatic heterocycles. The summed E-state index contributed by atoms with van der Waals surface area (Å²) in [6.07, 6.45) is 7.27. The molecule has 3 atom stereocenters. The molecule has 1 aromatic carbocycles. The zero-order valence-corrected chi connectivity index (χ0v) is 13.0. The molecule has 1 aromatic rings. The fourth-order valence-corrected chi connectivity index (χ4v) is 3.87. The van der Waals surface area contributed by atoms with Gasteiger partial charge in [-0.2, -0.15) is 0 Å². The van der Waals surface area contributed by atoms with Gasteiger partial charge in [0, 0.05) is 5.02 Å². The van der Waals surface area contributed by atoms with E-state index in [0.717, 1.165) is 24.4 Å². The van der Waals surface area contributed by atoms with Gasteiger partial charge in [-0.25, -0.2) is 4.39 Å². The average molecular weight is 298 g/mol. The lowest BCUT2D eigenvalue weighted by atomic mass is 9.70. The minimum Gasteiger partial charge on any atom is -0.330 e. The predicted molar refractivity (Wildman–Crippen MR) is 83.4 cm³/mol. The van der Waals surface area contributed by atoms with Crippen LogP contribution in [0.3, 0.4) is 0 Å². The summed E-state index contributed by atoms with van der Waals surface area (Å²) in [7, 11) is 0. The molecule has 0 saturated heterocycles. The van der Waals surface area contributed by atoms with Crippen LogP contribution in [0, 0.1) is 23.6 Å². The Hall–Kier alpha value is -0.600. The van der Waals surface area contributed by atoms with Crippen LogP contribution in [0.5, 0.6) is 0 Å². The lowest BCUT2D eigenvalue weighted by Crippen LogP contribution is -2.31. The van der Waals surface area contributed by atoms with Gasteiger partial charge in [0.2, 0.25) is 0 Å². The van der Waals surface area contributed by atoms with Crippen LogP contribution < -0.4 is 5.73 Å². The Morgan fingerprint density at radius 1 is 1.30 bits per heavy atom. The number of nitrogens with two attached hydrogens (primary N) is 1. The Morgan fingerprint density at radius 3 is 2.75 bits per heavy atom. The summed E-state index contributed by atoms with van der Waals surface area (Å²) in [6.45, 7) is 3.00. The third-order valence-electron chi connectivity index (χ3n) is 4.75. The lowest BCUT2D eigenvalue weighted by molar-refractivity contribution is 0.175. The van der Waals surface area contributed by atoms with Crippen molar-refractivity contribution < 1.29 is 4.39 Å². The van der Waals surface area contributed by atoms with E-state index >= 15 is 0 Å². The van der Waals surface area contributed by atoms with Crippen molar-refractivity contribution in [3.8, 4) is 0 Å². The fraction of sp³-hybridized carbons (Fsp3) is 0.647. The molecule has 1 aliphatic rings. The molecule has 3 unspecified atom stereocenters. The number of hydrogen-bond donors (Lipinski definition) is 1. The first kappa shape index (κ1) is 15.8. The van der Waals surface area contributed by atoms with E-state index in [1.807, 2.05) is 6.07 Å². The Morgan fingerprint density at radius 2 is 2.10 bits per heavy atom. The van der Waals surface area contributed by atoms with Gasteiger partial charge >= 0.3 is 0 Å². The Balaban J connectivity index is 2.07. The third kappa shape index (κ3) is 3.95. The number of benzene rings is 1. The van der Waals surface area contributed by atoms with Gasteiger partial charge in [-0.1, -0.05) is 43.9 Å². The van der Waals surface area contributed by atoms with Crippen molar-refractivity contribution in [1.82, 2.24) is 0 Å². The second kappa shape index (κ2) is 7.42. The SMILES string of the molecule is CCCC1CCC(CN)C(Cc2ccc(F)cc2Cl)C1. The van der Waals surface area contributed by atoms with Gasteiger partial charge in [0.05, 0.1) is 0 Å². The molecule has 1 aliphatic carbocycles. The smallest absolute Gasteiger partial charge is 0.124 e. The maximum Gasteiger partial charge on any atom is 0.124 e. The molecule has 0 radical (unpaired) electrons. The summed E-state index contributed by atoms with van der Waals surface area (Å²) in [5.41, 5.74) is 7.00. The highest BCUT2D eigenvalue weighted by molar-refractivity contribution is 6.31. The number of halogens is 2. The summed E-state index contributed by atoms with van der Waals surface area (Å²) >= 11 is 6.17. The van der Waals surface area contributed by atoms with Crippen molar-refractivity contribution in [2.45, 2.75) is 45.4 Å². The summed E-state index contributed by atoms with van der Waals surface area (Å²) in [5, 5.41) is 0.554. The molecular weight excluding hydrogens is 273 g/mol. The van der Waals surface area contributed by atoms with Crippen LogP contribution in [0.25, 0.3) is 0 Å². The van der Waals surface area contributed by atoms with Crippen molar-refractivity contribution in [1.29, 1.82) is 0 Å². The molecule has 0 amide bonds. The first-order valence-corrected chi connectivity index (χ1v) is 8.15. The van der Waals surface area contributed by atoms with Crippen molar-refractivity contribution in [3.63, 3.8) is 0 Å². The predicted octanol–water partition coefficient (Wildman–Crippen LogP) is 4.81. The molecule has 2 N–H and O–H groups in total. The highest BCUT2D eigenvalue weighted by atomic mass is 35.5. The van der Waals surface area contributed by atoms with E-state index in [0.29, 0.717) is 16.9 Å². The van der Waals surface area contributed by atoms with Crippen LogP contribution in [0.4, 0.5) is 4.39 Å². The van der Waals surface area contributed by atoms with Gasteiger partial charge in [-0.15, -0.1) is 0 Å². The van der Waals surface area contributed by atoms with Crippen molar-refractivity contribution in [3.05, 3.63) is 34.6 Å². The molecular formula is C17H25ClFN. The first-order chi connectivity index (χ1) is 9.63. The Labute approximate surface area is 126 Å². The van der Waals surface area contributed by atoms with Crippen molar-refractivity contribution >= 4 is 11.6 Å². The van der Waals surface area contributed by atoms with Gasteiger partial charge in [-0.05, 0) is 61.3 Å². The van der Waals surface area contributed by atoms with E-state index in [9.17, 15) is 4.39 Å². The van der Waals surface area contributed by atoms with Gasteiger partial charge in [0.1, 0.15) is 5.82 Å². The van der Waals surface area contributed by atoms with Crippen LogP contribution in [0.1, 0.15) is 44.6 Å². The Bertz CT molecular complexity index is 435. The van der Waals surface area contributed by atoms with Gasteiger partial charge in [0.25, 0.3) is 0 Å². The first-order valence-electron chi connectivity index (χ1n) is 7.78. The van der Waals surface area contributed by atoms with Gasteiger partial charge in [0.15, 0.2) is 0 Å². The van der Waals surface area contributed by atoms with Crippen molar-refractivity contribution in [2.24, 2.45) is 23.5 Å². The van der Waals surface area contributed by atoms with Crippen LogP contribution in [-0.2, 0) is 6.42 Å². The molecule has 20 heavy (non-hydrogen) atoms. The highest BCUT2D eigenvalue weighted by Gasteiger charge is 2.29. The molecule has 2 rings (SSSR count). The molecule has 0 heterocycles. The number of hydrogen-bond acceptors (Lipinski definition) is 1. The standard InChI is InChI=1S/C17H25ClFN/c1-2-3-12-4-5-14(11-20)15(8-12)9-13-6-7-16(19)10-17(13)18/h6-7,10,12,14-15H,2-5,8-9,11,20H2,1H3. The second-order valence-electron chi connectivity index (χ2n) is 6.16. The third-order valence-corrected chi connectivity index (χ3v) is 5.10. The van der Waals surface area contributed by atoms with Gasteiger partial charge in [-0.3, -0.25) is 0 Å². The van der Waals surface area contributed by atoms with E-state index in [-0.39, 0.29) is 5.82 Å². The van der Waals surface area contributed by atoms with Crippen LogP contribution >= 0.6 is 11.6 Å². The minimum atomic E-state index is -0.262. The van der Waals surface area contributed by atoms with E-state index < -0.39 is 0 Å². The summed E-state index contributed by atoms with van der Waals surface area (Å²) < 4.78 is 13.1. The summed E-state index contributed by atoms with van der Waals surface area (Å²) in [5.74, 6) is 1.74. The maximum atomic E-state index is 13.1. The molecule has 112 valence electrons. The molecule has 0 aromatic heterocycles. The zero-order valence-electron chi connectivity index (χ0n) is 12.2. The molecule has 1 fully saturated rings. The molecule has 0 bridgehead atoms. The van der Waals surface area contributed by atoms with E-state index in [2.05, 4.69) is 6.92 Å². The topological polar surface area (TPSA) is 26.0 Å². The monoisotopic (exact) mass is 297 g/mol. The highest BCUT2D eigenvalue weighted by Crippen LogP contribution is 2.38. The Kier molecular flexibility index (Phi) is 5.86. The average Bonchev–Trinajstić information content (AvgIpc) is 2.43. The van der Waals surface area contributed by atoms with Crippen molar-refractivity contribution in [2.75, 3.05) is 6.54 Å². The van der Waals surface area contributed by atoms with Crippen LogP contribution in [-0.4, -0.2) is 6.54 Å². The normalized spacial score (nSPS) is 26.7. The fourth-order valence-electron chi connectivity index (χ4n) is 3.62. The van der Waals surface area contributed by atoms with E-state index in [4.69, 9.17) is 17.3 Å².